The zero-order chi connectivity index (χ0) is 19.3. The molecular formula is C19H19N7O2. The van der Waals surface area contributed by atoms with Gasteiger partial charge in [0.25, 0.3) is 11.8 Å². The number of likely N-dealkylation sites (N-methyl/N-ethyl adjacent to an activating group) is 1. The molecule has 0 bridgehead atoms. The number of nitrogens with zero attached hydrogens (tertiary/aromatic N) is 6. The highest BCUT2D eigenvalue weighted by molar-refractivity contribution is 5.98. The molecule has 5 rings (SSSR count). The van der Waals surface area contributed by atoms with Crippen molar-refractivity contribution in [2.75, 3.05) is 20.1 Å². The van der Waals surface area contributed by atoms with Crippen molar-refractivity contribution in [3.05, 3.63) is 65.3 Å². The third-order valence-electron chi connectivity index (χ3n) is 5.42. The van der Waals surface area contributed by atoms with Gasteiger partial charge in [-0.05, 0) is 17.7 Å². The number of pyridine rings is 1. The number of aromatic amines is 1. The number of nitrogens with one attached hydrogen (secondary N) is 1. The Labute approximate surface area is 161 Å². The fourth-order valence-corrected chi connectivity index (χ4v) is 3.93. The van der Waals surface area contributed by atoms with Crippen LogP contribution in [0.15, 0.2) is 36.9 Å². The lowest BCUT2D eigenvalue weighted by Gasteiger charge is -2.34. The fraction of sp³-hybridized carbons (Fsp3) is 0.316. The quantitative estimate of drug-likeness (QED) is 0.714. The van der Waals surface area contributed by atoms with Gasteiger partial charge in [0, 0.05) is 50.7 Å². The van der Waals surface area contributed by atoms with Crippen LogP contribution in [0.3, 0.4) is 0 Å². The number of imidazole rings is 1. The van der Waals surface area contributed by atoms with Crippen LogP contribution in [0.4, 0.5) is 0 Å². The molecule has 5 heterocycles. The minimum Gasteiger partial charge on any atom is -0.348 e. The van der Waals surface area contributed by atoms with Crippen molar-refractivity contribution >= 4 is 11.8 Å². The summed E-state index contributed by atoms with van der Waals surface area (Å²) in [5.74, 6) is -0.315. The van der Waals surface area contributed by atoms with Gasteiger partial charge in [0.05, 0.1) is 18.6 Å². The maximum absolute atomic E-state index is 13.4. The molecule has 0 aliphatic carbocycles. The second kappa shape index (κ2) is 6.29. The van der Waals surface area contributed by atoms with Gasteiger partial charge in [-0.2, -0.15) is 5.10 Å². The molecule has 2 amide bonds. The normalized spacial score (nSPS) is 18.8. The smallest absolute Gasteiger partial charge is 0.275 e. The zero-order valence-electron chi connectivity index (χ0n) is 15.4. The Morgan fingerprint density at radius 3 is 2.86 bits per heavy atom. The van der Waals surface area contributed by atoms with Crippen molar-refractivity contribution in [1.82, 2.24) is 34.5 Å². The number of rotatable bonds is 2. The number of hydrogen-bond acceptors (Lipinski definition) is 5. The molecule has 9 heteroatoms. The van der Waals surface area contributed by atoms with E-state index in [0.717, 1.165) is 17.0 Å². The van der Waals surface area contributed by atoms with E-state index in [9.17, 15) is 9.59 Å². The van der Waals surface area contributed by atoms with Gasteiger partial charge in [0.15, 0.2) is 5.69 Å². The van der Waals surface area contributed by atoms with Crippen LogP contribution in [0.1, 0.15) is 44.0 Å². The van der Waals surface area contributed by atoms with Crippen molar-refractivity contribution in [2.45, 2.75) is 19.0 Å². The van der Waals surface area contributed by atoms with Crippen molar-refractivity contribution in [3.63, 3.8) is 0 Å². The number of carbonyl (C=O) groups excluding carboxylic acids is 2. The van der Waals surface area contributed by atoms with Crippen molar-refractivity contribution in [1.29, 1.82) is 0 Å². The summed E-state index contributed by atoms with van der Waals surface area (Å²) in [6, 6.07) is 5.07. The minimum absolute atomic E-state index is 0.114. The second-order valence-electron chi connectivity index (χ2n) is 7.06. The molecular weight excluding hydrogens is 358 g/mol. The van der Waals surface area contributed by atoms with E-state index in [1.54, 1.807) is 46.3 Å². The average molecular weight is 377 g/mol. The summed E-state index contributed by atoms with van der Waals surface area (Å²) in [6.07, 6.45) is 5.78. The van der Waals surface area contributed by atoms with Gasteiger partial charge in [0.2, 0.25) is 0 Å². The zero-order valence-corrected chi connectivity index (χ0v) is 15.4. The van der Waals surface area contributed by atoms with E-state index < -0.39 is 0 Å². The summed E-state index contributed by atoms with van der Waals surface area (Å²) in [4.78, 5) is 40.9. The summed E-state index contributed by atoms with van der Waals surface area (Å²) < 4.78 is 1.63. The minimum atomic E-state index is -0.317. The predicted molar refractivity (Wildman–Crippen MR) is 98.6 cm³/mol. The van der Waals surface area contributed by atoms with Crippen LogP contribution >= 0.6 is 0 Å². The molecule has 3 aromatic heterocycles. The molecule has 2 aliphatic rings. The number of amides is 2. The molecule has 1 unspecified atom stereocenters. The van der Waals surface area contributed by atoms with E-state index in [1.165, 1.54) is 0 Å². The van der Waals surface area contributed by atoms with E-state index in [2.05, 4.69) is 20.1 Å². The first-order valence-corrected chi connectivity index (χ1v) is 9.20. The highest BCUT2D eigenvalue weighted by atomic mass is 16.2. The van der Waals surface area contributed by atoms with Crippen molar-refractivity contribution in [3.8, 4) is 0 Å². The lowest BCUT2D eigenvalue weighted by atomic mass is 9.96. The Morgan fingerprint density at radius 1 is 1.21 bits per heavy atom. The number of aromatic nitrogens is 5. The molecule has 0 saturated heterocycles. The number of hydrogen-bond donors (Lipinski definition) is 1. The molecule has 0 radical (unpaired) electrons. The molecule has 0 saturated carbocycles. The van der Waals surface area contributed by atoms with Crippen LogP contribution in [-0.4, -0.2) is 66.5 Å². The van der Waals surface area contributed by atoms with Gasteiger partial charge < -0.3 is 14.8 Å². The van der Waals surface area contributed by atoms with Crippen LogP contribution in [0, 0.1) is 0 Å². The third-order valence-corrected chi connectivity index (χ3v) is 5.42. The SMILES string of the molecule is CN1CCn2nc(C(=O)N3CCc4[nH]cnc4C3c3ccncc3)cc2C1=O. The number of carbonyl (C=O) groups is 2. The largest absolute Gasteiger partial charge is 0.348 e. The fourth-order valence-electron chi connectivity index (χ4n) is 3.93. The molecule has 0 spiro atoms. The van der Waals surface area contributed by atoms with Crippen LogP contribution in [0.2, 0.25) is 0 Å². The first-order chi connectivity index (χ1) is 13.6. The molecule has 1 N–H and O–H groups in total. The van der Waals surface area contributed by atoms with Crippen LogP contribution in [0.5, 0.6) is 0 Å². The predicted octanol–water partition coefficient (Wildman–Crippen LogP) is 0.875. The van der Waals surface area contributed by atoms with E-state index in [-0.39, 0.29) is 23.6 Å². The first kappa shape index (κ1) is 16.7. The second-order valence-corrected chi connectivity index (χ2v) is 7.06. The molecule has 142 valence electrons. The summed E-state index contributed by atoms with van der Waals surface area (Å²) in [5.41, 5.74) is 3.56. The van der Waals surface area contributed by atoms with Gasteiger partial charge >= 0.3 is 0 Å². The topological polar surface area (TPSA) is 100 Å². The maximum Gasteiger partial charge on any atom is 0.275 e. The van der Waals surface area contributed by atoms with Gasteiger partial charge in [0.1, 0.15) is 11.7 Å². The highest BCUT2D eigenvalue weighted by Gasteiger charge is 2.36. The molecule has 9 nitrogen and oxygen atoms in total. The molecule has 3 aromatic rings. The Morgan fingerprint density at radius 2 is 2.04 bits per heavy atom. The van der Waals surface area contributed by atoms with E-state index in [1.807, 2.05) is 12.1 Å². The first-order valence-electron chi connectivity index (χ1n) is 9.20. The van der Waals surface area contributed by atoms with E-state index in [0.29, 0.717) is 31.7 Å². The highest BCUT2D eigenvalue weighted by Crippen LogP contribution is 2.34. The van der Waals surface area contributed by atoms with Gasteiger partial charge in [-0.1, -0.05) is 0 Å². The lowest BCUT2D eigenvalue weighted by molar-refractivity contribution is 0.0680. The van der Waals surface area contributed by atoms with Gasteiger partial charge in [-0.3, -0.25) is 19.3 Å². The van der Waals surface area contributed by atoms with E-state index >= 15 is 0 Å². The molecule has 28 heavy (non-hydrogen) atoms. The molecule has 0 aromatic carbocycles. The number of fused-ring (bicyclic) bond motifs is 2. The van der Waals surface area contributed by atoms with Crippen molar-refractivity contribution in [2.24, 2.45) is 0 Å². The van der Waals surface area contributed by atoms with Crippen LogP contribution < -0.4 is 0 Å². The summed E-state index contributed by atoms with van der Waals surface area (Å²) in [6.45, 7) is 1.71. The molecule has 2 aliphatic heterocycles. The van der Waals surface area contributed by atoms with Gasteiger partial charge in [-0.15, -0.1) is 0 Å². The molecule has 1 atom stereocenters. The van der Waals surface area contributed by atoms with Crippen molar-refractivity contribution < 1.29 is 9.59 Å². The van der Waals surface area contributed by atoms with Crippen LogP contribution in [-0.2, 0) is 13.0 Å². The Kier molecular flexibility index (Phi) is 3.75. The summed E-state index contributed by atoms with van der Waals surface area (Å²) in [5, 5.41) is 4.42. The molecule has 0 fully saturated rings. The summed E-state index contributed by atoms with van der Waals surface area (Å²) in [7, 11) is 1.75. The lowest BCUT2D eigenvalue weighted by Crippen LogP contribution is -2.41. The maximum atomic E-state index is 13.4. The summed E-state index contributed by atoms with van der Waals surface area (Å²) >= 11 is 0. The third kappa shape index (κ3) is 2.50. The standard InChI is InChI=1S/C19H19N7O2/c1-24-8-9-26-15(19(24)28)10-14(23-26)18(27)25-7-4-13-16(22-11-21-13)17(25)12-2-5-20-6-3-12/h2-3,5-6,10-11,17H,4,7-9H2,1H3,(H,21,22). The Balaban J connectivity index is 1.54. The Bertz CT molecular complexity index is 1060. The average Bonchev–Trinajstić information content (AvgIpc) is 3.37. The Hall–Kier alpha value is -3.49. The van der Waals surface area contributed by atoms with Crippen LogP contribution in [0.25, 0.3) is 0 Å². The number of H-pyrrole nitrogens is 1. The van der Waals surface area contributed by atoms with Gasteiger partial charge in [-0.25, -0.2) is 4.98 Å². The monoisotopic (exact) mass is 377 g/mol. The van der Waals surface area contributed by atoms with E-state index in [4.69, 9.17) is 0 Å².